The molecule has 0 aromatic carbocycles. The molecule has 0 radical (unpaired) electrons. The monoisotopic (exact) mass is 189 g/mol. The van der Waals surface area contributed by atoms with Gasteiger partial charge in [0.2, 0.25) is 0 Å². The second-order valence-corrected chi connectivity index (χ2v) is 4.25. The third-order valence-electron chi connectivity index (χ3n) is 3.10. The predicted molar refractivity (Wildman–Crippen MR) is 57.3 cm³/mol. The highest BCUT2D eigenvalue weighted by Gasteiger charge is 2.30. The van der Waals surface area contributed by atoms with E-state index in [1.807, 2.05) is 13.8 Å². The van der Waals surface area contributed by atoms with E-state index >= 15 is 0 Å². The first-order chi connectivity index (χ1) is 6.65. The van der Waals surface area contributed by atoms with Crippen LogP contribution in [0.2, 0.25) is 0 Å². The van der Waals surface area contributed by atoms with Gasteiger partial charge in [-0.25, -0.2) is 0 Å². The van der Waals surface area contributed by atoms with Gasteiger partial charge in [-0.3, -0.25) is 4.99 Å². The van der Waals surface area contributed by atoms with Gasteiger partial charge in [-0.2, -0.15) is 0 Å². The minimum Gasteiger partial charge on any atom is -0.302 e. The van der Waals surface area contributed by atoms with E-state index in [0.717, 1.165) is 30.5 Å². The van der Waals surface area contributed by atoms with Gasteiger partial charge in [-0.15, -0.1) is 0 Å². The maximum atomic E-state index is 11.0. The Labute approximate surface area is 84.4 Å². The molecule has 1 aliphatic carbocycles. The summed E-state index contributed by atoms with van der Waals surface area (Å²) in [7, 11) is 0. The van der Waals surface area contributed by atoms with Crippen LogP contribution in [-0.4, -0.2) is 12.0 Å². The van der Waals surface area contributed by atoms with Crippen molar-refractivity contribution in [2.45, 2.75) is 33.1 Å². The molecular formula is C12H15NO. The van der Waals surface area contributed by atoms with Gasteiger partial charge >= 0.3 is 0 Å². The first kappa shape index (κ1) is 9.38. The van der Waals surface area contributed by atoms with E-state index in [1.54, 1.807) is 0 Å². The number of carbonyl (C=O) groups is 1. The summed E-state index contributed by atoms with van der Waals surface area (Å²) in [6.07, 6.45) is 8.59. The summed E-state index contributed by atoms with van der Waals surface area (Å²) in [6.45, 7) is 3.86. The van der Waals surface area contributed by atoms with E-state index in [9.17, 15) is 4.79 Å². The van der Waals surface area contributed by atoms with Gasteiger partial charge in [-0.1, -0.05) is 12.2 Å². The molecule has 0 spiro atoms. The molecule has 1 atom stereocenters. The number of hydrogen-bond acceptors (Lipinski definition) is 2. The third-order valence-corrected chi connectivity index (χ3v) is 3.10. The number of aldehydes is 1. The van der Waals surface area contributed by atoms with Crippen LogP contribution in [0.25, 0.3) is 0 Å². The fourth-order valence-corrected chi connectivity index (χ4v) is 1.94. The average molecular weight is 189 g/mol. The molecular weight excluding hydrogens is 174 g/mol. The number of hydrogen-bond donors (Lipinski definition) is 0. The quantitative estimate of drug-likeness (QED) is 0.583. The van der Waals surface area contributed by atoms with Crippen molar-refractivity contribution in [3.63, 3.8) is 0 Å². The van der Waals surface area contributed by atoms with Crippen LogP contribution in [0.1, 0.15) is 33.1 Å². The number of dihydropyridines is 1. The number of fused-ring (bicyclic) bond motifs is 1. The Hall–Kier alpha value is -1.18. The van der Waals surface area contributed by atoms with E-state index < -0.39 is 5.41 Å². The van der Waals surface area contributed by atoms with Gasteiger partial charge in [0.1, 0.15) is 6.29 Å². The van der Waals surface area contributed by atoms with Crippen LogP contribution in [0, 0.1) is 5.41 Å². The van der Waals surface area contributed by atoms with Gasteiger partial charge in [-0.05, 0) is 38.7 Å². The summed E-state index contributed by atoms with van der Waals surface area (Å²) < 4.78 is 0. The standard InChI is InChI=1S/C12H15NO/c1-9-12(2,8-14)7-10-5-3-4-6-11(10)13-9/h6-8H,3-5H2,1-2H3. The lowest BCUT2D eigenvalue weighted by Crippen LogP contribution is -2.28. The van der Waals surface area contributed by atoms with Gasteiger partial charge in [0, 0.05) is 5.71 Å². The van der Waals surface area contributed by atoms with Crippen molar-refractivity contribution < 1.29 is 4.79 Å². The SMILES string of the molecule is CC1=NC2=CCCCC2=CC1(C)C=O. The molecule has 2 aliphatic rings. The lowest BCUT2D eigenvalue weighted by Gasteiger charge is -2.28. The molecule has 0 saturated heterocycles. The number of rotatable bonds is 1. The predicted octanol–water partition coefficient (Wildman–Crippen LogP) is 2.66. The molecule has 1 heterocycles. The van der Waals surface area contributed by atoms with Crippen molar-refractivity contribution in [2.75, 3.05) is 0 Å². The fraction of sp³-hybridized carbons (Fsp3) is 0.500. The average Bonchev–Trinajstić information content (AvgIpc) is 2.20. The number of aliphatic imine (C=N–C) groups is 1. The fourth-order valence-electron chi connectivity index (χ4n) is 1.94. The Morgan fingerprint density at radius 2 is 2.36 bits per heavy atom. The molecule has 2 nitrogen and oxygen atoms in total. The first-order valence-electron chi connectivity index (χ1n) is 5.10. The van der Waals surface area contributed by atoms with Crippen molar-refractivity contribution >= 4 is 12.0 Å². The molecule has 1 aliphatic heterocycles. The maximum absolute atomic E-state index is 11.0. The maximum Gasteiger partial charge on any atom is 0.135 e. The molecule has 14 heavy (non-hydrogen) atoms. The Kier molecular flexibility index (Phi) is 2.14. The van der Waals surface area contributed by atoms with Crippen molar-refractivity contribution in [1.29, 1.82) is 0 Å². The van der Waals surface area contributed by atoms with E-state index in [2.05, 4.69) is 17.1 Å². The lowest BCUT2D eigenvalue weighted by molar-refractivity contribution is -0.111. The van der Waals surface area contributed by atoms with Gasteiger partial charge in [0.25, 0.3) is 0 Å². The molecule has 2 heteroatoms. The molecule has 0 fully saturated rings. The Balaban J connectivity index is 2.46. The minimum atomic E-state index is -0.468. The molecule has 74 valence electrons. The van der Waals surface area contributed by atoms with Crippen molar-refractivity contribution in [1.82, 2.24) is 0 Å². The Bertz CT molecular complexity index is 363. The van der Waals surface area contributed by atoms with Crippen LogP contribution in [0.3, 0.4) is 0 Å². The third kappa shape index (κ3) is 1.35. The molecule has 0 bridgehead atoms. The summed E-state index contributed by atoms with van der Waals surface area (Å²) in [5.41, 5.74) is 2.78. The highest BCUT2D eigenvalue weighted by Crippen LogP contribution is 2.34. The topological polar surface area (TPSA) is 29.4 Å². The van der Waals surface area contributed by atoms with Gasteiger partial charge < -0.3 is 4.79 Å². The minimum absolute atomic E-state index is 0.468. The smallest absolute Gasteiger partial charge is 0.135 e. The Morgan fingerprint density at radius 3 is 3.07 bits per heavy atom. The molecule has 1 unspecified atom stereocenters. The summed E-state index contributed by atoms with van der Waals surface area (Å²) in [4.78, 5) is 15.5. The van der Waals surface area contributed by atoms with Crippen LogP contribution < -0.4 is 0 Å². The normalized spacial score (nSPS) is 31.1. The van der Waals surface area contributed by atoms with Crippen LogP contribution >= 0.6 is 0 Å². The van der Waals surface area contributed by atoms with Crippen molar-refractivity contribution in [3.05, 3.63) is 23.4 Å². The lowest BCUT2D eigenvalue weighted by atomic mass is 9.80. The zero-order valence-electron chi connectivity index (χ0n) is 8.71. The van der Waals surface area contributed by atoms with E-state index in [0.29, 0.717) is 0 Å². The van der Waals surface area contributed by atoms with Crippen LogP contribution in [0.4, 0.5) is 0 Å². The highest BCUT2D eigenvalue weighted by atomic mass is 16.1. The molecule has 0 amide bonds. The largest absolute Gasteiger partial charge is 0.302 e. The molecule has 0 aromatic heterocycles. The molecule has 2 rings (SSSR count). The summed E-state index contributed by atoms with van der Waals surface area (Å²) >= 11 is 0. The van der Waals surface area contributed by atoms with E-state index in [1.165, 1.54) is 12.0 Å². The van der Waals surface area contributed by atoms with E-state index in [4.69, 9.17) is 0 Å². The second kappa shape index (κ2) is 3.19. The summed E-state index contributed by atoms with van der Waals surface area (Å²) in [6, 6.07) is 0. The summed E-state index contributed by atoms with van der Waals surface area (Å²) in [5, 5.41) is 0. The second-order valence-electron chi connectivity index (χ2n) is 4.25. The number of carbonyl (C=O) groups excluding carboxylic acids is 1. The zero-order chi connectivity index (χ0) is 10.2. The molecule has 0 N–H and O–H groups in total. The van der Waals surface area contributed by atoms with Crippen LogP contribution in [0.15, 0.2) is 28.4 Å². The van der Waals surface area contributed by atoms with Crippen LogP contribution in [-0.2, 0) is 4.79 Å². The highest BCUT2D eigenvalue weighted by molar-refractivity contribution is 6.03. The first-order valence-corrected chi connectivity index (χ1v) is 5.10. The Morgan fingerprint density at radius 1 is 1.57 bits per heavy atom. The van der Waals surface area contributed by atoms with Gasteiger partial charge in [0.15, 0.2) is 0 Å². The molecule has 0 aromatic rings. The summed E-state index contributed by atoms with van der Waals surface area (Å²) in [5.74, 6) is 0. The van der Waals surface area contributed by atoms with E-state index in [-0.39, 0.29) is 0 Å². The zero-order valence-corrected chi connectivity index (χ0v) is 8.71. The van der Waals surface area contributed by atoms with Crippen molar-refractivity contribution in [2.24, 2.45) is 10.4 Å². The molecule has 0 saturated carbocycles. The van der Waals surface area contributed by atoms with Crippen molar-refractivity contribution in [3.8, 4) is 0 Å². The number of allylic oxidation sites excluding steroid dienone is 3. The number of nitrogens with zero attached hydrogens (tertiary/aromatic N) is 1. The van der Waals surface area contributed by atoms with Gasteiger partial charge in [0.05, 0.1) is 11.1 Å². The van der Waals surface area contributed by atoms with Crippen LogP contribution in [0.5, 0.6) is 0 Å².